The van der Waals surface area contributed by atoms with Crippen LogP contribution in [0.1, 0.15) is 105 Å². The van der Waals surface area contributed by atoms with E-state index < -0.39 is 23.6 Å². The molecule has 7 heteroatoms. The third-order valence-corrected chi connectivity index (χ3v) is 7.49. The summed E-state index contributed by atoms with van der Waals surface area (Å²) in [6, 6.07) is 16.0. The van der Waals surface area contributed by atoms with Gasteiger partial charge in [0.05, 0.1) is 12.3 Å². The van der Waals surface area contributed by atoms with E-state index in [4.69, 9.17) is 19.2 Å². The minimum Gasteiger partial charge on any atom is -0.494 e. The Morgan fingerprint density at radius 2 is 1.52 bits per heavy atom. The van der Waals surface area contributed by atoms with Crippen LogP contribution >= 0.6 is 0 Å². The van der Waals surface area contributed by atoms with Crippen molar-refractivity contribution in [3.8, 4) is 5.75 Å². The molecule has 0 N–H and O–H groups in total. The van der Waals surface area contributed by atoms with Crippen LogP contribution in [0.3, 0.4) is 0 Å². The number of esters is 2. The maximum Gasteiger partial charge on any atom is 0.331 e. The molecule has 0 spiro atoms. The van der Waals surface area contributed by atoms with E-state index >= 15 is 0 Å². The number of hydrogen-bond donors (Lipinski definition) is 0. The predicted molar refractivity (Wildman–Crippen MR) is 168 cm³/mol. The number of hydrogen-bond acceptors (Lipinski definition) is 6. The molecule has 0 saturated carbocycles. The number of amidine groups is 1. The summed E-state index contributed by atoms with van der Waals surface area (Å²) in [6.07, 6.45) is 6.16. The molecule has 2 aromatic rings. The first kappa shape index (κ1) is 33.2. The molecule has 1 atom stereocenters. The highest BCUT2D eigenvalue weighted by molar-refractivity contribution is 6.17. The topological polar surface area (TPSA) is 77.4 Å². The number of cyclic esters (lactones) is 2. The molecule has 0 amide bonds. The van der Waals surface area contributed by atoms with Gasteiger partial charge in [-0.25, -0.2) is 4.99 Å². The van der Waals surface area contributed by atoms with E-state index in [1.165, 1.54) is 5.56 Å². The number of aliphatic imine (C=N–C) groups is 1. The molecule has 1 unspecified atom stereocenters. The molecule has 42 heavy (non-hydrogen) atoms. The van der Waals surface area contributed by atoms with Crippen molar-refractivity contribution in [2.24, 2.45) is 10.9 Å². The van der Waals surface area contributed by atoms with Crippen LogP contribution in [0.4, 0.5) is 5.69 Å². The smallest absolute Gasteiger partial charge is 0.331 e. The van der Waals surface area contributed by atoms with Crippen LogP contribution in [-0.2, 0) is 31.0 Å². The van der Waals surface area contributed by atoms with Crippen LogP contribution in [0.15, 0.2) is 53.5 Å². The van der Waals surface area contributed by atoms with Gasteiger partial charge in [-0.2, -0.15) is 0 Å². The van der Waals surface area contributed by atoms with Gasteiger partial charge in [-0.3, -0.25) is 9.59 Å². The lowest BCUT2D eigenvalue weighted by Crippen LogP contribution is -2.54. The Kier molecular flexibility index (Phi) is 11.6. The highest BCUT2D eigenvalue weighted by Crippen LogP contribution is 2.30. The first-order valence-electron chi connectivity index (χ1n) is 15.5. The Labute approximate surface area is 252 Å². The molecule has 0 aromatic heterocycles. The van der Waals surface area contributed by atoms with Gasteiger partial charge in [0.15, 0.2) is 0 Å². The molecule has 0 radical (unpaired) electrons. The molecular weight excluding hydrogens is 528 g/mol. The third kappa shape index (κ3) is 9.33. The Morgan fingerprint density at radius 1 is 0.929 bits per heavy atom. The fourth-order valence-corrected chi connectivity index (χ4v) is 4.92. The van der Waals surface area contributed by atoms with E-state index in [1.54, 1.807) is 13.8 Å². The lowest BCUT2D eigenvalue weighted by atomic mass is 9.86. The Bertz CT molecular complexity index is 1180. The summed E-state index contributed by atoms with van der Waals surface area (Å²) in [5.41, 5.74) is 2.96. The van der Waals surface area contributed by atoms with E-state index in [9.17, 15) is 9.59 Å². The van der Waals surface area contributed by atoms with Gasteiger partial charge in [-0.1, -0.05) is 84.6 Å². The van der Waals surface area contributed by atoms with E-state index in [2.05, 4.69) is 70.7 Å². The third-order valence-electron chi connectivity index (χ3n) is 7.49. The summed E-state index contributed by atoms with van der Waals surface area (Å²) in [6.45, 7) is 17.3. The minimum absolute atomic E-state index is 0.00443. The highest BCUT2D eigenvalue weighted by Gasteiger charge is 2.48. The van der Waals surface area contributed by atoms with Crippen molar-refractivity contribution in [2.45, 2.75) is 118 Å². The average molecular weight is 579 g/mol. The monoisotopic (exact) mass is 578 g/mol. The fourth-order valence-electron chi connectivity index (χ4n) is 4.92. The van der Waals surface area contributed by atoms with Crippen LogP contribution in [0, 0.1) is 5.92 Å². The van der Waals surface area contributed by atoms with Crippen LogP contribution in [0.25, 0.3) is 0 Å². The molecule has 7 nitrogen and oxygen atoms in total. The number of ether oxygens (including phenoxy) is 3. The van der Waals surface area contributed by atoms with Crippen molar-refractivity contribution in [3.63, 3.8) is 0 Å². The lowest BCUT2D eigenvalue weighted by molar-refractivity contribution is -0.236. The molecule has 1 aliphatic heterocycles. The lowest BCUT2D eigenvalue weighted by Gasteiger charge is -2.38. The summed E-state index contributed by atoms with van der Waals surface area (Å²) in [4.78, 5) is 33.8. The van der Waals surface area contributed by atoms with E-state index in [0.717, 1.165) is 49.8 Å². The zero-order chi connectivity index (χ0) is 30.9. The molecule has 0 aliphatic carbocycles. The second-order valence-corrected chi connectivity index (χ2v) is 12.8. The number of carbonyl (C=O) groups is 2. The van der Waals surface area contributed by atoms with Crippen molar-refractivity contribution in [2.75, 3.05) is 6.61 Å². The highest BCUT2D eigenvalue weighted by atomic mass is 16.7. The van der Waals surface area contributed by atoms with E-state index in [1.807, 2.05) is 24.3 Å². The van der Waals surface area contributed by atoms with Gasteiger partial charge in [0.25, 0.3) is 5.79 Å². The largest absolute Gasteiger partial charge is 0.494 e. The van der Waals surface area contributed by atoms with Crippen LogP contribution in [-0.4, -0.2) is 41.1 Å². The first-order chi connectivity index (χ1) is 19.8. The van der Waals surface area contributed by atoms with Gasteiger partial charge in [-0.15, -0.1) is 0 Å². The number of rotatable bonds is 13. The summed E-state index contributed by atoms with van der Waals surface area (Å²) in [5.74, 6) is -2.82. The van der Waals surface area contributed by atoms with E-state index in [0.29, 0.717) is 24.7 Å². The van der Waals surface area contributed by atoms with Crippen molar-refractivity contribution >= 4 is 23.5 Å². The Morgan fingerprint density at radius 3 is 2.07 bits per heavy atom. The van der Waals surface area contributed by atoms with Crippen molar-refractivity contribution < 1.29 is 23.8 Å². The van der Waals surface area contributed by atoms with Crippen molar-refractivity contribution in [3.05, 3.63) is 59.7 Å². The Balaban J connectivity index is 2.06. The molecule has 0 bridgehead atoms. The van der Waals surface area contributed by atoms with Crippen molar-refractivity contribution in [1.82, 2.24) is 4.90 Å². The molecular formula is C35H50N2O5. The standard InChI is InChI=1S/C35H50N2O5/c1-9-11-13-14-25(3)37(24-26-15-17-27(18-16-26)34(4,5)6)31(30-32(38)41-35(7,8)42-33(30)39)36-28-19-21-29(22-20-28)40-23-12-10-2/h15-22,25,30H,9-14,23-24H2,1-8H3. The SMILES string of the molecule is CCCCCC(C)N(Cc1ccc(C(C)(C)C)cc1)C(=Nc1ccc(OCCCC)cc1)C1C(=O)OC(C)(C)OC1=O. The van der Waals surface area contributed by atoms with Crippen LogP contribution in [0.2, 0.25) is 0 Å². The summed E-state index contributed by atoms with van der Waals surface area (Å²) in [7, 11) is 0. The van der Waals surface area contributed by atoms with Crippen molar-refractivity contribution in [1.29, 1.82) is 0 Å². The fraction of sp³-hybridized carbons (Fsp3) is 0.571. The van der Waals surface area contributed by atoms with Crippen LogP contribution in [0.5, 0.6) is 5.75 Å². The van der Waals surface area contributed by atoms with Gasteiger partial charge in [-0.05, 0) is 60.6 Å². The molecule has 230 valence electrons. The quantitative estimate of drug-likeness (QED) is 0.0785. The molecule has 3 rings (SSSR count). The molecule has 1 fully saturated rings. The number of unbranched alkanes of at least 4 members (excludes halogenated alkanes) is 3. The second-order valence-electron chi connectivity index (χ2n) is 12.8. The predicted octanol–water partition coefficient (Wildman–Crippen LogP) is 8.12. The van der Waals surface area contributed by atoms with Gasteiger partial charge < -0.3 is 19.1 Å². The second kappa shape index (κ2) is 14.7. The molecule has 2 aromatic carbocycles. The number of carbonyl (C=O) groups excluding carboxylic acids is 2. The summed E-state index contributed by atoms with van der Waals surface area (Å²) in [5, 5.41) is 0. The number of benzene rings is 2. The zero-order valence-corrected chi connectivity index (χ0v) is 26.9. The molecule has 1 saturated heterocycles. The maximum atomic E-state index is 13.4. The molecule has 1 aliphatic rings. The first-order valence-corrected chi connectivity index (χ1v) is 15.5. The van der Waals surface area contributed by atoms with Gasteiger partial charge in [0, 0.05) is 26.4 Å². The maximum absolute atomic E-state index is 13.4. The normalized spacial score (nSPS) is 16.5. The van der Waals surface area contributed by atoms with Gasteiger partial charge >= 0.3 is 11.9 Å². The zero-order valence-electron chi connectivity index (χ0n) is 26.9. The molecule has 1 heterocycles. The van der Waals surface area contributed by atoms with E-state index in [-0.39, 0.29) is 11.5 Å². The summed E-state index contributed by atoms with van der Waals surface area (Å²) < 4.78 is 17.0. The summed E-state index contributed by atoms with van der Waals surface area (Å²) >= 11 is 0. The number of nitrogens with zero attached hydrogens (tertiary/aromatic N) is 2. The van der Waals surface area contributed by atoms with Gasteiger partial charge in [0.2, 0.25) is 5.92 Å². The van der Waals surface area contributed by atoms with Gasteiger partial charge in [0.1, 0.15) is 11.6 Å². The Hall–Kier alpha value is -3.35. The minimum atomic E-state index is -1.33. The van der Waals surface area contributed by atoms with Crippen LogP contribution < -0.4 is 4.74 Å². The average Bonchev–Trinajstić information content (AvgIpc) is 2.91.